The van der Waals surface area contributed by atoms with Gasteiger partial charge in [0, 0.05) is 11.6 Å². The molecule has 1 N–H and O–H groups in total. The minimum Gasteiger partial charge on any atom is -0.482 e. The Balaban J connectivity index is 2.03. The van der Waals surface area contributed by atoms with Gasteiger partial charge in [-0.3, -0.25) is 4.79 Å². The smallest absolute Gasteiger partial charge is 0.341 e. The van der Waals surface area contributed by atoms with Gasteiger partial charge in [-0.2, -0.15) is 0 Å². The summed E-state index contributed by atoms with van der Waals surface area (Å²) in [7, 11) is 0. The highest BCUT2D eigenvalue weighted by Crippen LogP contribution is 2.24. The van der Waals surface area contributed by atoms with E-state index in [1.165, 1.54) is 12.1 Å². The Kier molecular flexibility index (Phi) is 3.62. The molecule has 0 amide bonds. The van der Waals surface area contributed by atoms with Crippen molar-refractivity contribution in [3.05, 3.63) is 64.8 Å². The summed E-state index contributed by atoms with van der Waals surface area (Å²) in [5.41, 5.74) is 1.03. The second-order valence-electron chi connectivity index (χ2n) is 4.68. The van der Waals surface area contributed by atoms with Crippen molar-refractivity contribution in [2.24, 2.45) is 0 Å². The van der Waals surface area contributed by atoms with Crippen LogP contribution in [0.3, 0.4) is 0 Å². The van der Waals surface area contributed by atoms with Crippen LogP contribution in [0.25, 0.3) is 22.3 Å². The second-order valence-corrected chi connectivity index (χ2v) is 4.68. The Hall–Kier alpha value is -3.08. The Morgan fingerprint density at radius 3 is 2.59 bits per heavy atom. The molecular formula is C17H12O5. The van der Waals surface area contributed by atoms with Crippen LogP contribution in [-0.4, -0.2) is 17.7 Å². The zero-order valence-electron chi connectivity index (χ0n) is 11.5. The highest BCUT2D eigenvalue weighted by Gasteiger charge is 2.08. The number of benzene rings is 2. The van der Waals surface area contributed by atoms with Crippen molar-refractivity contribution in [1.82, 2.24) is 0 Å². The van der Waals surface area contributed by atoms with Crippen LogP contribution in [0, 0.1) is 0 Å². The molecule has 110 valence electrons. The van der Waals surface area contributed by atoms with E-state index < -0.39 is 12.6 Å². The summed E-state index contributed by atoms with van der Waals surface area (Å²) in [6.45, 7) is -0.459. The molecule has 0 radical (unpaired) electrons. The van der Waals surface area contributed by atoms with Crippen molar-refractivity contribution < 1.29 is 19.1 Å². The molecule has 0 aliphatic heterocycles. The lowest BCUT2D eigenvalue weighted by Gasteiger charge is -2.06. The van der Waals surface area contributed by atoms with Gasteiger partial charge in [0.1, 0.15) is 17.1 Å². The number of rotatable bonds is 4. The lowest BCUT2D eigenvalue weighted by Crippen LogP contribution is -2.09. The van der Waals surface area contributed by atoms with Gasteiger partial charge in [0.15, 0.2) is 12.0 Å². The van der Waals surface area contributed by atoms with E-state index in [9.17, 15) is 9.59 Å². The second kappa shape index (κ2) is 5.73. The first-order valence-corrected chi connectivity index (χ1v) is 6.61. The lowest BCUT2D eigenvalue weighted by atomic mass is 10.1. The third-order valence-corrected chi connectivity index (χ3v) is 3.12. The molecule has 0 saturated heterocycles. The number of carboxylic acids is 1. The monoisotopic (exact) mass is 296 g/mol. The van der Waals surface area contributed by atoms with Crippen molar-refractivity contribution in [3.63, 3.8) is 0 Å². The van der Waals surface area contributed by atoms with Crippen LogP contribution in [0.1, 0.15) is 0 Å². The van der Waals surface area contributed by atoms with E-state index in [4.69, 9.17) is 14.3 Å². The number of fused-ring (bicyclic) bond motifs is 1. The summed E-state index contributed by atoms with van der Waals surface area (Å²) in [5, 5.41) is 8.95. The fourth-order valence-corrected chi connectivity index (χ4v) is 2.11. The fourth-order valence-electron chi connectivity index (χ4n) is 2.11. The highest BCUT2D eigenvalue weighted by atomic mass is 16.5. The maximum Gasteiger partial charge on any atom is 0.341 e. The number of aliphatic carboxylic acids is 1. The molecule has 0 spiro atoms. The molecule has 3 aromatic rings. The third kappa shape index (κ3) is 2.83. The van der Waals surface area contributed by atoms with Crippen LogP contribution >= 0.6 is 0 Å². The van der Waals surface area contributed by atoms with Crippen LogP contribution in [-0.2, 0) is 4.79 Å². The van der Waals surface area contributed by atoms with Crippen LogP contribution in [0.4, 0.5) is 0 Å². The predicted molar refractivity (Wildman–Crippen MR) is 81.1 cm³/mol. The van der Waals surface area contributed by atoms with Gasteiger partial charge in [-0.1, -0.05) is 30.3 Å². The van der Waals surface area contributed by atoms with Gasteiger partial charge in [0.25, 0.3) is 0 Å². The topological polar surface area (TPSA) is 76.7 Å². The molecule has 0 unspecified atom stereocenters. The number of ether oxygens (including phenoxy) is 1. The molecule has 1 heterocycles. The number of carbonyl (C=O) groups is 1. The van der Waals surface area contributed by atoms with Crippen LogP contribution in [0.2, 0.25) is 0 Å². The van der Waals surface area contributed by atoms with Crippen molar-refractivity contribution in [3.8, 4) is 17.1 Å². The number of hydrogen-bond donors (Lipinski definition) is 1. The van der Waals surface area contributed by atoms with Gasteiger partial charge in [-0.05, 0) is 18.2 Å². The first kappa shape index (κ1) is 13.9. The van der Waals surface area contributed by atoms with Crippen LogP contribution in [0.5, 0.6) is 5.75 Å². The SMILES string of the molecule is O=C(O)COc1ccc2oc(-c3ccccc3)cc(=O)c2c1. The molecule has 0 atom stereocenters. The Bertz CT molecular complexity index is 880. The van der Waals surface area contributed by atoms with Crippen molar-refractivity contribution in [2.75, 3.05) is 6.61 Å². The van der Waals surface area contributed by atoms with Gasteiger partial charge in [0.05, 0.1) is 5.39 Å². The number of carboxylic acid groups (broad SMARTS) is 1. The largest absolute Gasteiger partial charge is 0.482 e. The summed E-state index contributed by atoms with van der Waals surface area (Å²) in [5.74, 6) is -0.279. The summed E-state index contributed by atoms with van der Waals surface area (Å²) in [6, 6.07) is 15.4. The molecule has 5 nitrogen and oxygen atoms in total. The zero-order chi connectivity index (χ0) is 15.5. The quantitative estimate of drug-likeness (QED) is 0.801. The summed E-state index contributed by atoms with van der Waals surface area (Å²) < 4.78 is 10.8. The summed E-state index contributed by atoms with van der Waals surface area (Å²) >= 11 is 0. The predicted octanol–water partition coefficient (Wildman–Crippen LogP) is 2.92. The Labute approximate surface area is 125 Å². The molecule has 5 heteroatoms. The Morgan fingerprint density at radius 2 is 1.86 bits per heavy atom. The van der Waals surface area contributed by atoms with E-state index in [0.29, 0.717) is 22.5 Å². The molecule has 2 aromatic carbocycles. The average Bonchev–Trinajstić information content (AvgIpc) is 2.54. The lowest BCUT2D eigenvalue weighted by molar-refractivity contribution is -0.139. The first-order chi connectivity index (χ1) is 10.6. The van der Waals surface area contributed by atoms with E-state index in [2.05, 4.69) is 0 Å². The van der Waals surface area contributed by atoms with Crippen molar-refractivity contribution in [2.45, 2.75) is 0 Å². The molecule has 3 rings (SSSR count). The van der Waals surface area contributed by atoms with E-state index in [1.807, 2.05) is 30.3 Å². The average molecular weight is 296 g/mol. The molecule has 0 aliphatic carbocycles. The van der Waals surface area contributed by atoms with Gasteiger partial charge >= 0.3 is 5.97 Å². The molecule has 22 heavy (non-hydrogen) atoms. The minimum absolute atomic E-state index is 0.208. The molecule has 0 aliphatic rings. The maximum absolute atomic E-state index is 12.2. The Morgan fingerprint density at radius 1 is 1.09 bits per heavy atom. The summed E-state index contributed by atoms with van der Waals surface area (Å²) in [4.78, 5) is 22.7. The van der Waals surface area contributed by atoms with Crippen LogP contribution in [0.15, 0.2) is 63.8 Å². The first-order valence-electron chi connectivity index (χ1n) is 6.61. The van der Waals surface area contributed by atoms with E-state index in [0.717, 1.165) is 5.56 Å². The van der Waals surface area contributed by atoms with Gasteiger partial charge in [-0.25, -0.2) is 4.79 Å². The maximum atomic E-state index is 12.2. The molecule has 1 aromatic heterocycles. The van der Waals surface area contributed by atoms with E-state index in [1.54, 1.807) is 12.1 Å². The van der Waals surface area contributed by atoms with E-state index >= 15 is 0 Å². The molecule has 0 fully saturated rings. The van der Waals surface area contributed by atoms with Crippen molar-refractivity contribution >= 4 is 16.9 Å². The zero-order valence-corrected chi connectivity index (χ0v) is 11.5. The normalized spacial score (nSPS) is 10.5. The van der Waals surface area contributed by atoms with Crippen molar-refractivity contribution in [1.29, 1.82) is 0 Å². The molecule has 0 saturated carbocycles. The minimum atomic E-state index is -1.08. The van der Waals surface area contributed by atoms with Gasteiger partial charge in [-0.15, -0.1) is 0 Å². The van der Waals surface area contributed by atoms with Crippen LogP contribution < -0.4 is 10.2 Å². The van der Waals surface area contributed by atoms with Gasteiger partial charge < -0.3 is 14.3 Å². The standard InChI is InChI=1S/C17H12O5/c18-14-9-16(11-4-2-1-3-5-11)22-15-7-6-12(8-13(14)15)21-10-17(19)20/h1-9H,10H2,(H,19,20). The highest BCUT2D eigenvalue weighted by molar-refractivity contribution is 5.80. The van der Waals surface area contributed by atoms with E-state index in [-0.39, 0.29) is 5.43 Å². The number of hydrogen-bond acceptors (Lipinski definition) is 4. The summed E-state index contributed by atoms with van der Waals surface area (Å²) in [6.07, 6.45) is 0. The fraction of sp³-hybridized carbons (Fsp3) is 0.0588. The molecular weight excluding hydrogens is 284 g/mol. The third-order valence-electron chi connectivity index (χ3n) is 3.12. The molecule has 0 bridgehead atoms. The van der Waals surface area contributed by atoms with Gasteiger partial charge in [0.2, 0.25) is 0 Å².